The second-order valence-corrected chi connectivity index (χ2v) is 6.71. The molecule has 142 valence electrons. The molecular formula is C20H38O4. The van der Waals surface area contributed by atoms with Crippen molar-refractivity contribution in [1.29, 1.82) is 0 Å². The second kappa shape index (κ2) is 18.3. The Morgan fingerprint density at radius 1 is 0.667 bits per heavy atom. The molecule has 0 aromatic rings. The highest BCUT2D eigenvalue weighted by molar-refractivity contribution is 5.69. The summed E-state index contributed by atoms with van der Waals surface area (Å²) in [4.78, 5) is 21.9. The highest BCUT2D eigenvalue weighted by Gasteiger charge is 2.03. The van der Waals surface area contributed by atoms with E-state index in [0.29, 0.717) is 13.0 Å². The van der Waals surface area contributed by atoms with E-state index in [9.17, 15) is 9.59 Å². The normalized spacial score (nSPS) is 10.7. The third kappa shape index (κ3) is 19.0. The Labute approximate surface area is 148 Å². The van der Waals surface area contributed by atoms with Crippen LogP contribution < -0.4 is 0 Å². The molecule has 0 fully saturated rings. The molecule has 0 saturated heterocycles. The average molecular weight is 343 g/mol. The zero-order valence-corrected chi connectivity index (χ0v) is 15.7. The predicted molar refractivity (Wildman–Crippen MR) is 98.1 cm³/mol. The molecule has 4 heteroatoms. The van der Waals surface area contributed by atoms with Crippen LogP contribution in [0.5, 0.6) is 0 Å². The van der Waals surface area contributed by atoms with Gasteiger partial charge in [0.2, 0.25) is 0 Å². The number of hydrogen-bond acceptors (Lipinski definition) is 3. The molecule has 4 nitrogen and oxygen atoms in total. The number of carboxylic acids is 1. The first-order valence-corrected chi connectivity index (χ1v) is 10.0. The number of carboxylic acid groups (broad SMARTS) is 1. The number of unbranched alkanes of at least 4 members (excludes halogenated alkanes) is 12. The second-order valence-electron chi connectivity index (χ2n) is 6.71. The minimum atomic E-state index is -0.727. The van der Waals surface area contributed by atoms with Crippen molar-refractivity contribution in [1.82, 2.24) is 0 Å². The lowest BCUT2D eigenvalue weighted by Gasteiger charge is -2.05. The van der Waals surface area contributed by atoms with Gasteiger partial charge in [-0.3, -0.25) is 9.59 Å². The van der Waals surface area contributed by atoms with E-state index < -0.39 is 5.97 Å². The van der Waals surface area contributed by atoms with E-state index in [2.05, 4.69) is 6.92 Å². The molecule has 0 unspecified atom stereocenters. The molecule has 0 aromatic carbocycles. The Morgan fingerprint density at radius 2 is 1.12 bits per heavy atom. The fourth-order valence-corrected chi connectivity index (χ4v) is 2.75. The Kier molecular flexibility index (Phi) is 17.5. The van der Waals surface area contributed by atoms with Gasteiger partial charge in [0.15, 0.2) is 0 Å². The minimum Gasteiger partial charge on any atom is -0.481 e. The summed E-state index contributed by atoms with van der Waals surface area (Å²) in [7, 11) is 0. The minimum absolute atomic E-state index is 0.0832. The van der Waals surface area contributed by atoms with Gasteiger partial charge in [-0.1, -0.05) is 77.6 Å². The summed E-state index contributed by atoms with van der Waals surface area (Å²) in [6.45, 7) is 2.80. The Bertz CT molecular complexity index is 302. The van der Waals surface area contributed by atoms with Crippen LogP contribution >= 0.6 is 0 Å². The summed E-state index contributed by atoms with van der Waals surface area (Å²) >= 11 is 0. The van der Waals surface area contributed by atoms with Crippen LogP contribution in [0.25, 0.3) is 0 Å². The smallest absolute Gasteiger partial charge is 0.305 e. The SMILES string of the molecule is CCCCCCCCCCCOC(=O)CCCCCCCC(=O)O. The van der Waals surface area contributed by atoms with Crippen LogP contribution in [0, 0.1) is 0 Å². The fourth-order valence-electron chi connectivity index (χ4n) is 2.75. The Morgan fingerprint density at radius 3 is 1.67 bits per heavy atom. The van der Waals surface area contributed by atoms with E-state index in [-0.39, 0.29) is 12.4 Å². The van der Waals surface area contributed by atoms with Gasteiger partial charge in [0.25, 0.3) is 0 Å². The van der Waals surface area contributed by atoms with Gasteiger partial charge in [0.05, 0.1) is 6.61 Å². The molecular weight excluding hydrogens is 304 g/mol. The number of hydrogen-bond donors (Lipinski definition) is 1. The van der Waals surface area contributed by atoms with Crippen LogP contribution in [-0.2, 0) is 14.3 Å². The predicted octanol–water partition coefficient (Wildman–Crippen LogP) is 5.88. The number of carbonyl (C=O) groups is 2. The maximum Gasteiger partial charge on any atom is 0.305 e. The molecule has 1 N–H and O–H groups in total. The summed E-state index contributed by atoms with van der Waals surface area (Å²) in [5, 5.41) is 8.52. The van der Waals surface area contributed by atoms with Gasteiger partial charge in [-0.05, 0) is 19.3 Å². The number of rotatable bonds is 18. The van der Waals surface area contributed by atoms with Gasteiger partial charge in [-0.25, -0.2) is 0 Å². The molecule has 0 aliphatic heterocycles. The number of aliphatic carboxylic acids is 1. The third-order valence-electron chi connectivity index (χ3n) is 4.28. The largest absolute Gasteiger partial charge is 0.481 e. The van der Waals surface area contributed by atoms with E-state index in [1.807, 2.05) is 0 Å². The molecule has 0 saturated carbocycles. The summed E-state index contributed by atoms with van der Waals surface area (Å²) in [5.74, 6) is -0.810. The van der Waals surface area contributed by atoms with E-state index >= 15 is 0 Å². The van der Waals surface area contributed by atoms with Crippen molar-refractivity contribution in [3.63, 3.8) is 0 Å². The number of ether oxygens (including phenoxy) is 1. The van der Waals surface area contributed by atoms with Crippen molar-refractivity contribution in [2.24, 2.45) is 0 Å². The molecule has 0 amide bonds. The zero-order valence-electron chi connectivity index (χ0n) is 15.7. The Hall–Kier alpha value is -1.06. The quantitative estimate of drug-likeness (QED) is 0.250. The molecule has 24 heavy (non-hydrogen) atoms. The van der Waals surface area contributed by atoms with Gasteiger partial charge in [0, 0.05) is 12.8 Å². The van der Waals surface area contributed by atoms with Crippen LogP contribution in [0.2, 0.25) is 0 Å². The van der Waals surface area contributed by atoms with Crippen molar-refractivity contribution in [2.45, 2.75) is 110 Å². The zero-order chi connectivity index (χ0) is 17.9. The maximum atomic E-state index is 11.6. The summed E-state index contributed by atoms with van der Waals surface area (Å²) < 4.78 is 5.24. The molecule has 0 aliphatic carbocycles. The van der Waals surface area contributed by atoms with Crippen molar-refractivity contribution in [3.8, 4) is 0 Å². The summed E-state index contributed by atoms with van der Waals surface area (Å²) in [6.07, 6.45) is 16.7. The highest BCUT2D eigenvalue weighted by Crippen LogP contribution is 2.10. The molecule has 0 aromatic heterocycles. The summed E-state index contributed by atoms with van der Waals surface area (Å²) in [6, 6.07) is 0. The van der Waals surface area contributed by atoms with E-state index in [4.69, 9.17) is 9.84 Å². The molecule has 0 heterocycles. The van der Waals surface area contributed by atoms with E-state index in [1.54, 1.807) is 0 Å². The number of carbonyl (C=O) groups excluding carboxylic acids is 1. The fraction of sp³-hybridized carbons (Fsp3) is 0.900. The van der Waals surface area contributed by atoms with Crippen molar-refractivity contribution >= 4 is 11.9 Å². The first-order chi connectivity index (χ1) is 11.7. The first kappa shape index (κ1) is 22.9. The molecule has 0 radical (unpaired) electrons. The van der Waals surface area contributed by atoms with Gasteiger partial charge in [-0.15, -0.1) is 0 Å². The highest BCUT2D eigenvalue weighted by atomic mass is 16.5. The molecule has 0 rings (SSSR count). The van der Waals surface area contributed by atoms with Gasteiger partial charge in [-0.2, -0.15) is 0 Å². The van der Waals surface area contributed by atoms with Crippen molar-refractivity contribution < 1.29 is 19.4 Å². The lowest BCUT2D eigenvalue weighted by molar-refractivity contribution is -0.144. The monoisotopic (exact) mass is 342 g/mol. The van der Waals surface area contributed by atoms with E-state index in [0.717, 1.165) is 44.9 Å². The average Bonchev–Trinajstić information content (AvgIpc) is 2.55. The lowest BCUT2D eigenvalue weighted by atomic mass is 10.1. The van der Waals surface area contributed by atoms with E-state index in [1.165, 1.54) is 44.9 Å². The van der Waals surface area contributed by atoms with Crippen molar-refractivity contribution in [3.05, 3.63) is 0 Å². The summed E-state index contributed by atoms with van der Waals surface area (Å²) in [5.41, 5.74) is 0. The molecule has 0 atom stereocenters. The molecule has 0 spiro atoms. The standard InChI is InChI=1S/C20H38O4/c1-2-3-4-5-6-7-8-12-15-18-24-20(23)17-14-11-9-10-13-16-19(21)22/h2-18H2,1H3,(H,21,22). The van der Waals surface area contributed by atoms with Gasteiger partial charge >= 0.3 is 11.9 Å². The first-order valence-electron chi connectivity index (χ1n) is 10.0. The topological polar surface area (TPSA) is 63.6 Å². The molecule has 0 bridgehead atoms. The van der Waals surface area contributed by atoms with Crippen LogP contribution in [0.15, 0.2) is 0 Å². The maximum absolute atomic E-state index is 11.6. The third-order valence-corrected chi connectivity index (χ3v) is 4.28. The molecule has 0 aliphatic rings. The van der Waals surface area contributed by atoms with Gasteiger partial charge < -0.3 is 9.84 Å². The van der Waals surface area contributed by atoms with Crippen LogP contribution in [0.3, 0.4) is 0 Å². The van der Waals surface area contributed by atoms with Crippen molar-refractivity contribution in [2.75, 3.05) is 6.61 Å². The Balaban J connectivity index is 3.17. The van der Waals surface area contributed by atoms with Gasteiger partial charge in [0.1, 0.15) is 0 Å². The number of esters is 1. The van der Waals surface area contributed by atoms with Crippen LogP contribution in [0.1, 0.15) is 110 Å². The lowest BCUT2D eigenvalue weighted by Crippen LogP contribution is -2.05. The van der Waals surface area contributed by atoms with Crippen LogP contribution in [0.4, 0.5) is 0 Å². The van der Waals surface area contributed by atoms with Crippen LogP contribution in [-0.4, -0.2) is 23.7 Å².